The molecular weight excluding hydrogens is 262 g/mol. The number of nitrogens with zero attached hydrogens (tertiary/aromatic N) is 2. The van der Waals surface area contributed by atoms with Crippen LogP contribution in [-0.2, 0) is 4.79 Å². The highest BCUT2D eigenvalue weighted by molar-refractivity contribution is 5.82. The minimum Gasteiger partial charge on any atom is -0.341 e. The molecule has 21 heavy (non-hydrogen) atoms. The Morgan fingerprint density at radius 2 is 1.95 bits per heavy atom. The van der Waals surface area contributed by atoms with E-state index >= 15 is 0 Å². The van der Waals surface area contributed by atoms with E-state index in [0.29, 0.717) is 12.0 Å². The van der Waals surface area contributed by atoms with Gasteiger partial charge in [-0.3, -0.25) is 4.79 Å². The van der Waals surface area contributed by atoms with Crippen molar-refractivity contribution in [3.63, 3.8) is 0 Å². The summed E-state index contributed by atoms with van der Waals surface area (Å²) in [7, 11) is 0. The average molecular weight is 295 g/mol. The summed E-state index contributed by atoms with van der Waals surface area (Å²) >= 11 is 0. The maximum absolute atomic E-state index is 12.4. The van der Waals surface area contributed by atoms with Gasteiger partial charge in [-0.05, 0) is 51.0 Å². The van der Waals surface area contributed by atoms with E-state index in [-0.39, 0.29) is 17.9 Å². The lowest BCUT2D eigenvalue weighted by molar-refractivity contribution is -0.135. The molecule has 2 aliphatic heterocycles. The maximum Gasteiger partial charge on any atom is 0.239 e. The molecule has 0 aromatic rings. The van der Waals surface area contributed by atoms with Crippen molar-refractivity contribution in [3.05, 3.63) is 0 Å². The molecule has 0 radical (unpaired) electrons. The van der Waals surface area contributed by atoms with E-state index in [1.54, 1.807) is 0 Å². The Kier molecular flexibility index (Phi) is 6.06. The number of piperidine rings is 2. The molecule has 4 nitrogen and oxygen atoms in total. The topological polar surface area (TPSA) is 49.6 Å². The van der Waals surface area contributed by atoms with E-state index in [2.05, 4.69) is 11.8 Å². The first kappa shape index (κ1) is 16.8. The molecule has 2 saturated heterocycles. The number of carbonyl (C=O) groups is 1. The lowest BCUT2D eigenvalue weighted by atomic mass is 9.93. The van der Waals surface area contributed by atoms with E-state index in [0.717, 1.165) is 26.1 Å². The molecule has 2 aliphatic rings. The molecule has 0 spiro atoms. The predicted octanol–water partition coefficient (Wildman–Crippen LogP) is 2.08. The Hall–Kier alpha value is -0.610. The summed E-state index contributed by atoms with van der Waals surface area (Å²) in [6.45, 7) is 10.6. The molecule has 122 valence electrons. The predicted molar refractivity (Wildman–Crippen MR) is 87.0 cm³/mol. The van der Waals surface area contributed by atoms with Crippen molar-refractivity contribution in [2.45, 2.75) is 65.0 Å². The van der Waals surface area contributed by atoms with Gasteiger partial charge in [-0.2, -0.15) is 0 Å². The van der Waals surface area contributed by atoms with Gasteiger partial charge in [0.2, 0.25) is 5.91 Å². The Labute approximate surface area is 130 Å². The highest BCUT2D eigenvalue weighted by Gasteiger charge is 2.30. The van der Waals surface area contributed by atoms with Crippen LogP contribution in [0.5, 0.6) is 0 Å². The number of nitrogens with two attached hydrogens (primary N) is 1. The van der Waals surface area contributed by atoms with Crippen LogP contribution in [0, 0.1) is 11.8 Å². The van der Waals surface area contributed by atoms with Gasteiger partial charge in [0.15, 0.2) is 0 Å². The normalized spacial score (nSPS) is 29.7. The minimum atomic E-state index is -0.335. The molecule has 2 fully saturated rings. The van der Waals surface area contributed by atoms with Gasteiger partial charge in [0.25, 0.3) is 0 Å². The molecule has 0 saturated carbocycles. The second-order valence-corrected chi connectivity index (χ2v) is 7.40. The van der Waals surface area contributed by atoms with Crippen LogP contribution in [0.3, 0.4) is 0 Å². The SMILES string of the molecule is CC(C)[C@H](N)C(=O)N1CCC[C@@H](CN2CCCC[C@H]2C)C1. The first-order chi connectivity index (χ1) is 9.99. The number of rotatable bonds is 4. The molecule has 4 heteroatoms. The summed E-state index contributed by atoms with van der Waals surface area (Å²) in [5, 5.41) is 0. The molecule has 1 amide bonds. The highest BCUT2D eigenvalue weighted by atomic mass is 16.2. The van der Waals surface area contributed by atoms with Crippen LogP contribution in [0.4, 0.5) is 0 Å². The Morgan fingerprint density at radius 1 is 1.19 bits per heavy atom. The first-order valence-electron chi connectivity index (χ1n) is 8.77. The van der Waals surface area contributed by atoms with Crippen LogP contribution >= 0.6 is 0 Å². The first-order valence-corrected chi connectivity index (χ1v) is 8.77. The maximum atomic E-state index is 12.4. The summed E-state index contributed by atoms with van der Waals surface area (Å²) in [5.41, 5.74) is 6.04. The van der Waals surface area contributed by atoms with Crippen LogP contribution in [0.1, 0.15) is 52.9 Å². The average Bonchev–Trinajstić information content (AvgIpc) is 2.48. The van der Waals surface area contributed by atoms with Gasteiger partial charge in [-0.1, -0.05) is 20.3 Å². The van der Waals surface area contributed by atoms with E-state index < -0.39 is 0 Å². The van der Waals surface area contributed by atoms with Gasteiger partial charge >= 0.3 is 0 Å². The third-order valence-corrected chi connectivity index (χ3v) is 5.27. The fourth-order valence-corrected chi connectivity index (χ4v) is 3.67. The fraction of sp³-hybridized carbons (Fsp3) is 0.941. The number of hydrogen-bond acceptors (Lipinski definition) is 3. The van der Waals surface area contributed by atoms with Crippen molar-refractivity contribution >= 4 is 5.91 Å². The quantitative estimate of drug-likeness (QED) is 0.864. The van der Waals surface area contributed by atoms with E-state index in [1.165, 1.54) is 32.2 Å². The molecular formula is C17H33N3O. The zero-order valence-corrected chi connectivity index (χ0v) is 14.1. The molecule has 0 aliphatic carbocycles. The van der Waals surface area contributed by atoms with Gasteiger partial charge in [-0.25, -0.2) is 0 Å². The second kappa shape index (κ2) is 7.59. The second-order valence-electron chi connectivity index (χ2n) is 7.40. The lowest BCUT2D eigenvalue weighted by Gasteiger charge is -2.40. The summed E-state index contributed by atoms with van der Waals surface area (Å²) < 4.78 is 0. The van der Waals surface area contributed by atoms with Crippen molar-refractivity contribution < 1.29 is 4.79 Å². The summed E-state index contributed by atoms with van der Waals surface area (Å²) in [5.74, 6) is 1.00. The third-order valence-electron chi connectivity index (χ3n) is 5.27. The van der Waals surface area contributed by atoms with Gasteiger partial charge < -0.3 is 15.5 Å². The van der Waals surface area contributed by atoms with Gasteiger partial charge in [0.05, 0.1) is 6.04 Å². The van der Waals surface area contributed by atoms with Gasteiger partial charge in [-0.15, -0.1) is 0 Å². The fourth-order valence-electron chi connectivity index (χ4n) is 3.67. The molecule has 2 N–H and O–H groups in total. The summed E-state index contributed by atoms with van der Waals surface area (Å²) in [6.07, 6.45) is 6.41. The largest absolute Gasteiger partial charge is 0.341 e. The summed E-state index contributed by atoms with van der Waals surface area (Å²) in [6, 6.07) is 0.375. The summed E-state index contributed by atoms with van der Waals surface area (Å²) in [4.78, 5) is 17.1. The Balaban J connectivity index is 1.87. The van der Waals surface area contributed by atoms with Gasteiger partial charge in [0, 0.05) is 25.7 Å². The molecule has 3 atom stereocenters. The Morgan fingerprint density at radius 3 is 2.62 bits per heavy atom. The monoisotopic (exact) mass is 295 g/mol. The van der Waals surface area contributed by atoms with Crippen molar-refractivity contribution in [2.24, 2.45) is 17.6 Å². The molecule has 2 rings (SSSR count). The van der Waals surface area contributed by atoms with Crippen LogP contribution in [0.2, 0.25) is 0 Å². The van der Waals surface area contributed by atoms with Crippen LogP contribution < -0.4 is 5.73 Å². The van der Waals surface area contributed by atoms with E-state index in [9.17, 15) is 4.79 Å². The molecule has 0 bridgehead atoms. The van der Waals surface area contributed by atoms with Crippen LogP contribution in [0.15, 0.2) is 0 Å². The van der Waals surface area contributed by atoms with Crippen LogP contribution in [0.25, 0.3) is 0 Å². The number of amides is 1. The van der Waals surface area contributed by atoms with Crippen molar-refractivity contribution in [1.29, 1.82) is 0 Å². The van der Waals surface area contributed by atoms with E-state index in [4.69, 9.17) is 5.73 Å². The lowest BCUT2D eigenvalue weighted by Crippen LogP contribution is -2.52. The molecule has 2 heterocycles. The van der Waals surface area contributed by atoms with Gasteiger partial charge in [0.1, 0.15) is 0 Å². The van der Waals surface area contributed by atoms with Crippen molar-refractivity contribution in [1.82, 2.24) is 9.80 Å². The third kappa shape index (κ3) is 4.43. The smallest absolute Gasteiger partial charge is 0.239 e. The minimum absolute atomic E-state index is 0.154. The number of carbonyl (C=O) groups excluding carboxylic acids is 1. The molecule has 0 aromatic carbocycles. The van der Waals surface area contributed by atoms with Crippen molar-refractivity contribution in [3.8, 4) is 0 Å². The van der Waals surface area contributed by atoms with E-state index in [1.807, 2.05) is 18.7 Å². The standard InChI is InChI=1S/C17H33N3O/c1-13(2)16(18)17(21)20-10-6-8-15(12-20)11-19-9-5-4-7-14(19)3/h13-16H,4-12,18H2,1-3H3/t14-,15+,16+/m1/s1. The van der Waals surface area contributed by atoms with Crippen molar-refractivity contribution in [2.75, 3.05) is 26.2 Å². The van der Waals surface area contributed by atoms with Crippen LogP contribution in [-0.4, -0.2) is 54.0 Å². The highest BCUT2D eigenvalue weighted by Crippen LogP contribution is 2.23. The molecule has 0 aromatic heterocycles. The zero-order chi connectivity index (χ0) is 15.4. The number of likely N-dealkylation sites (tertiary alicyclic amines) is 2. The molecule has 0 unspecified atom stereocenters. The Bertz CT molecular complexity index is 345. The zero-order valence-electron chi connectivity index (χ0n) is 14.1. The number of hydrogen-bond donors (Lipinski definition) is 1.